The van der Waals surface area contributed by atoms with Gasteiger partial charge in [0.15, 0.2) is 11.5 Å². The number of hydrogen-bond acceptors (Lipinski definition) is 6. The number of ether oxygens (including phenoxy) is 2. The summed E-state index contributed by atoms with van der Waals surface area (Å²) in [5, 5.41) is 0. The summed E-state index contributed by atoms with van der Waals surface area (Å²) >= 11 is 0. The smallest absolute Gasteiger partial charge is 0.261 e. The normalized spacial score (nSPS) is 23.0. The largest absolute Gasteiger partial charge is 0.495 e. The number of carbonyl (C=O) groups excluding carboxylic acids is 1. The zero-order valence-electron chi connectivity index (χ0n) is 15.8. The number of fused-ring (bicyclic) bond motifs is 2. The Kier molecular flexibility index (Phi) is 3.66. The Morgan fingerprint density at radius 1 is 1.22 bits per heavy atom. The molecular weight excluding hydrogens is 344 g/mol. The average Bonchev–Trinajstić information content (AvgIpc) is 2.85. The Bertz CT molecular complexity index is 969. The molecule has 3 heterocycles. The number of hydrogen-bond donors (Lipinski definition) is 1. The average molecular weight is 366 g/mol. The Morgan fingerprint density at radius 3 is 2.67 bits per heavy atom. The number of carbonyl (C=O) groups is 1. The summed E-state index contributed by atoms with van der Waals surface area (Å²) in [5.41, 5.74) is 6.88. The molecule has 0 radical (unpaired) electrons. The molecule has 1 amide bonds. The van der Waals surface area contributed by atoms with E-state index in [0.29, 0.717) is 17.9 Å². The Labute approximate surface area is 157 Å². The van der Waals surface area contributed by atoms with Crippen LogP contribution in [0.25, 0.3) is 11.1 Å². The van der Waals surface area contributed by atoms with E-state index < -0.39 is 11.1 Å². The molecule has 1 aromatic heterocycles. The van der Waals surface area contributed by atoms with Crippen LogP contribution in [-0.2, 0) is 10.3 Å². The van der Waals surface area contributed by atoms with Gasteiger partial charge in [0.25, 0.3) is 5.91 Å². The van der Waals surface area contributed by atoms with Crippen LogP contribution in [0.2, 0.25) is 0 Å². The minimum atomic E-state index is -1.07. The van der Waals surface area contributed by atoms with Gasteiger partial charge >= 0.3 is 0 Å². The lowest BCUT2D eigenvalue weighted by molar-refractivity contribution is -0.133. The van der Waals surface area contributed by atoms with Crippen molar-refractivity contribution in [2.75, 3.05) is 14.2 Å². The fourth-order valence-corrected chi connectivity index (χ4v) is 3.85. The zero-order chi connectivity index (χ0) is 19.4. The molecule has 0 saturated carbocycles. The summed E-state index contributed by atoms with van der Waals surface area (Å²) in [5.74, 6) is 1.39. The van der Waals surface area contributed by atoms with E-state index in [4.69, 9.17) is 15.2 Å². The molecule has 7 heteroatoms. The highest BCUT2D eigenvalue weighted by atomic mass is 16.5. The molecule has 0 saturated heterocycles. The maximum absolute atomic E-state index is 13.1. The van der Waals surface area contributed by atoms with E-state index in [-0.39, 0.29) is 11.9 Å². The lowest BCUT2D eigenvalue weighted by Gasteiger charge is -2.41. The SMILES string of the molecule is COc1cncc(-c2ccc3c(c2)C2(CC(C)(C)O3)N=C(N)N(C)C2=O)c1. The maximum Gasteiger partial charge on any atom is 0.261 e. The molecule has 0 fully saturated rings. The number of amides is 1. The molecule has 2 aliphatic heterocycles. The number of rotatable bonds is 2. The van der Waals surface area contributed by atoms with Gasteiger partial charge in [-0.05, 0) is 37.6 Å². The highest BCUT2D eigenvalue weighted by Gasteiger charge is 2.55. The van der Waals surface area contributed by atoms with Crippen LogP contribution in [0.1, 0.15) is 25.8 Å². The predicted molar refractivity (Wildman–Crippen MR) is 102 cm³/mol. The molecule has 1 spiro atoms. The van der Waals surface area contributed by atoms with E-state index in [1.807, 2.05) is 38.1 Å². The molecule has 4 rings (SSSR count). The second-order valence-electron chi connectivity index (χ2n) is 7.56. The number of likely N-dealkylation sites (N-methyl/N-ethyl adjacent to an activating group) is 1. The van der Waals surface area contributed by atoms with Crippen molar-refractivity contribution in [2.24, 2.45) is 10.7 Å². The van der Waals surface area contributed by atoms with Crippen LogP contribution in [0, 0.1) is 0 Å². The molecule has 2 aromatic rings. The number of benzene rings is 1. The fraction of sp³-hybridized carbons (Fsp3) is 0.350. The van der Waals surface area contributed by atoms with Crippen LogP contribution in [-0.4, -0.2) is 41.5 Å². The van der Waals surface area contributed by atoms with Crippen LogP contribution in [0.4, 0.5) is 0 Å². The van der Waals surface area contributed by atoms with Crippen molar-refractivity contribution >= 4 is 11.9 Å². The second kappa shape index (κ2) is 5.70. The number of nitrogens with zero attached hydrogens (tertiary/aromatic N) is 3. The van der Waals surface area contributed by atoms with Crippen LogP contribution < -0.4 is 15.2 Å². The zero-order valence-corrected chi connectivity index (χ0v) is 15.8. The molecule has 0 aliphatic carbocycles. The predicted octanol–water partition coefficient (Wildman–Crippen LogP) is 2.30. The molecule has 2 aliphatic rings. The standard InChI is InChI=1S/C20H22N4O3/c1-19(2)11-20(17(25)24(3)18(21)23-20)15-8-12(5-6-16(15)27-19)13-7-14(26-4)10-22-9-13/h5-10H,11H2,1-4H3,(H2,21,23). The fourth-order valence-electron chi connectivity index (χ4n) is 3.85. The van der Waals surface area contributed by atoms with Gasteiger partial charge in [0.1, 0.15) is 17.1 Å². The van der Waals surface area contributed by atoms with E-state index in [2.05, 4.69) is 9.98 Å². The molecular formula is C20H22N4O3. The number of nitrogens with two attached hydrogens (primary N) is 1. The molecule has 1 atom stereocenters. The third-order valence-corrected chi connectivity index (χ3v) is 5.08. The van der Waals surface area contributed by atoms with Crippen molar-refractivity contribution in [3.05, 3.63) is 42.2 Å². The van der Waals surface area contributed by atoms with Crippen molar-refractivity contribution in [3.8, 4) is 22.6 Å². The lowest BCUT2D eigenvalue weighted by atomic mass is 9.77. The lowest BCUT2D eigenvalue weighted by Crippen LogP contribution is -2.49. The van der Waals surface area contributed by atoms with E-state index >= 15 is 0 Å². The Hall–Kier alpha value is -3.09. The first-order valence-corrected chi connectivity index (χ1v) is 8.72. The van der Waals surface area contributed by atoms with Crippen molar-refractivity contribution < 1.29 is 14.3 Å². The summed E-state index contributed by atoms with van der Waals surface area (Å²) in [6, 6.07) is 7.66. The van der Waals surface area contributed by atoms with Gasteiger partial charge in [-0.25, -0.2) is 4.99 Å². The summed E-state index contributed by atoms with van der Waals surface area (Å²) in [7, 11) is 3.25. The first kappa shape index (κ1) is 17.3. The van der Waals surface area contributed by atoms with E-state index in [1.54, 1.807) is 26.6 Å². The summed E-state index contributed by atoms with van der Waals surface area (Å²) in [4.78, 5) is 23.4. The molecule has 0 bridgehead atoms. The number of guanidine groups is 1. The first-order chi connectivity index (χ1) is 12.8. The van der Waals surface area contributed by atoms with Crippen LogP contribution in [0.15, 0.2) is 41.7 Å². The Morgan fingerprint density at radius 2 is 2.00 bits per heavy atom. The topological polar surface area (TPSA) is 90.0 Å². The van der Waals surface area contributed by atoms with Gasteiger partial charge in [-0.3, -0.25) is 14.7 Å². The summed E-state index contributed by atoms with van der Waals surface area (Å²) in [6.45, 7) is 3.91. The van der Waals surface area contributed by atoms with E-state index in [1.165, 1.54) is 4.90 Å². The molecule has 1 aromatic carbocycles. The van der Waals surface area contributed by atoms with E-state index in [0.717, 1.165) is 16.7 Å². The van der Waals surface area contributed by atoms with Crippen LogP contribution in [0.3, 0.4) is 0 Å². The van der Waals surface area contributed by atoms with Crippen molar-refractivity contribution in [3.63, 3.8) is 0 Å². The van der Waals surface area contributed by atoms with Crippen molar-refractivity contribution in [2.45, 2.75) is 31.4 Å². The minimum absolute atomic E-state index is 0.140. The number of aliphatic imine (C=N–C) groups is 1. The first-order valence-electron chi connectivity index (χ1n) is 8.72. The van der Waals surface area contributed by atoms with E-state index in [9.17, 15) is 4.79 Å². The van der Waals surface area contributed by atoms with Gasteiger partial charge in [0.2, 0.25) is 0 Å². The monoisotopic (exact) mass is 366 g/mol. The third-order valence-electron chi connectivity index (χ3n) is 5.08. The van der Waals surface area contributed by atoms with Crippen molar-refractivity contribution in [1.29, 1.82) is 0 Å². The Balaban J connectivity index is 1.90. The van der Waals surface area contributed by atoms with Crippen LogP contribution in [0.5, 0.6) is 11.5 Å². The molecule has 27 heavy (non-hydrogen) atoms. The van der Waals surface area contributed by atoms with Gasteiger partial charge in [0, 0.05) is 30.8 Å². The van der Waals surface area contributed by atoms with Gasteiger partial charge in [-0.1, -0.05) is 6.07 Å². The number of pyridine rings is 1. The maximum atomic E-state index is 13.1. The second-order valence-corrected chi connectivity index (χ2v) is 7.56. The highest BCUT2D eigenvalue weighted by molar-refractivity contribution is 6.07. The summed E-state index contributed by atoms with van der Waals surface area (Å²) in [6.07, 6.45) is 3.82. The number of aromatic nitrogens is 1. The van der Waals surface area contributed by atoms with Gasteiger partial charge in [-0.2, -0.15) is 0 Å². The number of methoxy groups -OCH3 is 1. The molecule has 140 valence electrons. The minimum Gasteiger partial charge on any atom is -0.495 e. The van der Waals surface area contributed by atoms with Gasteiger partial charge < -0.3 is 15.2 Å². The van der Waals surface area contributed by atoms with Gasteiger partial charge in [0.05, 0.1) is 13.3 Å². The quantitative estimate of drug-likeness (QED) is 0.881. The third kappa shape index (κ3) is 2.61. The summed E-state index contributed by atoms with van der Waals surface area (Å²) < 4.78 is 11.4. The molecule has 2 N–H and O–H groups in total. The molecule has 1 unspecified atom stereocenters. The molecule has 7 nitrogen and oxygen atoms in total. The highest BCUT2D eigenvalue weighted by Crippen LogP contribution is 2.49. The van der Waals surface area contributed by atoms with Gasteiger partial charge in [-0.15, -0.1) is 0 Å². The van der Waals surface area contributed by atoms with Crippen LogP contribution >= 0.6 is 0 Å². The van der Waals surface area contributed by atoms with Crippen molar-refractivity contribution in [1.82, 2.24) is 9.88 Å².